The van der Waals surface area contributed by atoms with Gasteiger partial charge in [0.25, 0.3) is 0 Å². The lowest BCUT2D eigenvalue weighted by Gasteiger charge is -2.31. The number of allylic oxidation sites excluding steroid dienone is 3. The quantitative estimate of drug-likeness (QED) is 0.561. The Hall–Kier alpha value is -2.40. The third-order valence-corrected chi connectivity index (χ3v) is 4.94. The van der Waals surface area contributed by atoms with Gasteiger partial charge in [0.1, 0.15) is 0 Å². The minimum absolute atomic E-state index is 0.0303. The number of ether oxygens (including phenoxy) is 1. The number of ketones is 1. The molecule has 0 saturated carbocycles. The van der Waals surface area contributed by atoms with Crippen molar-refractivity contribution in [2.75, 3.05) is 0 Å². The maximum absolute atomic E-state index is 12.8. The van der Waals surface area contributed by atoms with Gasteiger partial charge in [-0.25, -0.2) is 0 Å². The van der Waals surface area contributed by atoms with Crippen molar-refractivity contribution in [2.24, 2.45) is 5.92 Å². The van der Waals surface area contributed by atoms with Crippen LogP contribution in [-0.2, 0) is 9.53 Å². The highest BCUT2D eigenvalue weighted by Crippen LogP contribution is 2.40. The van der Waals surface area contributed by atoms with Crippen LogP contribution in [0.25, 0.3) is 11.1 Å². The molecule has 0 unspecified atom stereocenters. The summed E-state index contributed by atoms with van der Waals surface area (Å²) in [6.07, 6.45) is 8.38. The van der Waals surface area contributed by atoms with Gasteiger partial charge in [0.15, 0.2) is 5.76 Å². The lowest BCUT2D eigenvalue weighted by Crippen LogP contribution is -2.44. The third kappa shape index (κ3) is 4.30. The second kappa shape index (κ2) is 8.09. The number of esters is 1. The molecule has 1 N–H and O–H groups in total. The van der Waals surface area contributed by atoms with Gasteiger partial charge in [0.2, 0.25) is 11.4 Å². The number of pyridine rings is 1. The maximum Gasteiger partial charge on any atom is 0.304 e. The van der Waals surface area contributed by atoms with E-state index in [0.29, 0.717) is 17.2 Å². The van der Waals surface area contributed by atoms with E-state index in [4.69, 9.17) is 16.3 Å². The van der Waals surface area contributed by atoms with E-state index in [2.05, 4.69) is 24.9 Å². The largest absolute Gasteiger partial charge is 0.506 e. The lowest BCUT2D eigenvalue weighted by atomic mass is 9.84. The smallest absolute Gasteiger partial charge is 0.304 e. The number of nitrogens with zero attached hydrogens (tertiary/aromatic N) is 1. The molecule has 1 heterocycles. The Kier molecular flexibility index (Phi) is 6.26. The Morgan fingerprint density at radius 2 is 2.07 bits per heavy atom. The van der Waals surface area contributed by atoms with Crippen LogP contribution in [0.2, 0.25) is 0 Å². The van der Waals surface area contributed by atoms with Crippen LogP contribution < -0.4 is 0 Å². The predicted octanol–water partition coefficient (Wildman–Crippen LogP) is 5.07. The van der Waals surface area contributed by atoms with Gasteiger partial charge in [-0.3, -0.25) is 14.6 Å². The normalized spacial score (nSPS) is 21.4. The van der Waals surface area contributed by atoms with E-state index >= 15 is 0 Å². The minimum atomic E-state index is -1.84. The molecule has 0 aliphatic heterocycles. The number of aliphatic hydroxyl groups excluding tert-OH is 1. The molecule has 0 spiro atoms. The molecular weight excluding hydrogens is 366 g/mol. The lowest BCUT2D eigenvalue weighted by molar-refractivity contribution is -0.150. The van der Waals surface area contributed by atoms with Crippen LogP contribution in [0.5, 0.6) is 0 Å². The highest BCUT2D eigenvalue weighted by atomic mass is 35.5. The molecule has 27 heavy (non-hydrogen) atoms. The van der Waals surface area contributed by atoms with Crippen LogP contribution in [0, 0.1) is 5.92 Å². The maximum atomic E-state index is 12.8. The van der Waals surface area contributed by atoms with Gasteiger partial charge in [0.05, 0.1) is 10.7 Å². The molecule has 0 aromatic carbocycles. The number of aliphatic hydroxyl groups is 1. The first-order chi connectivity index (χ1) is 12.6. The van der Waals surface area contributed by atoms with Crippen LogP contribution in [0.1, 0.15) is 62.7 Å². The monoisotopic (exact) mass is 389 g/mol. The van der Waals surface area contributed by atoms with Crippen molar-refractivity contribution in [1.82, 2.24) is 4.98 Å². The Balaban J connectivity index is 2.42. The summed E-state index contributed by atoms with van der Waals surface area (Å²) >= 11 is 6.28. The summed E-state index contributed by atoms with van der Waals surface area (Å²) in [5.41, 5.74) is 0.421. The highest BCUT2D eigenvalue weighted by Gasteiger charge is 2.48. The van der Waals surface area contributed by atoms with Crippen LogP contribution in [0.3, 0.4) is 0 Å². The Bertz CT molecular complexity index is 869. The van der Waals surface area contributed by atoms with Crippen molar-refractivity contribution in [3.8, 4) is 0 Å². The van der Waals surface area contributed by atoms with E-state index in [0.717, 1.165) is 18.9 Å². The van der Waals surface area contributed by atoms with E-state index in [9.17, 15) is 14.7 Å². The van der Waals surface area contributed by atoms with Gasteiger partial charge in [-0.1, -0.05) is 49.6 Å². The summed E-state index contributed by atoms with van der Waals surface area (Å²) in [5.74, 6) is -1.25. The molecule has 1 aliphatic carbocycles. The predicted molar refractivity (Wildman–Crippen MR) is 106 cm³/mol. The number of halogens is 1. The van der Waals surface area contributed by atoms with Crippen molar-refractivity contribution in [2.45, 2.75) is 46.6 Å². The zero-order valence-corrected chi connectivity index (χ0v) is 16.9. The van der Waals surface area contributed by atoms with Crippen molar-refractivity contribution in [3.63, 3.8) is 0 Å². The van der Waals surface area contributed by atoms with E-state index in [1.807, 2.05) is 19.1 Å². The average molecular weight is 390 g/mol. The fourth-order valence-corrected chi connectivity index (χ4v) is 3.18. The molecule has 2 atom stereocenters. The van der Waals surface area contributed by atoms with Gasteiger partial charge in [-0.15, -0.1) is 0 Å². The fourth-order valence-electron chi connectivity index (χ4n) is 2.85. The summed E-state index contributed by atoms with van der Waals surface area (Å²) in [6.45, 7) is 8.76. The van der Waals surface area contributed by atoms with Crippen LogP contribution in [-0.4, -0.2) is 27.4 Å². The summed E-state index contributed by atoms with van der Waals surface area (Å²) in [6, 6.07) is 1.63. The van der Waals surface area contributed by atoms with E-state index in [1.165, 1.54) is 13.1 Å². The van der Waals surface area contributed by atoms with Gasteiger partial charge in [0, 0.05) is 24.2 Å². The summed E-state index contributed by atoms with van der Waals surface area (Å²) in [4.78, 5) is 28.4. The molecule has 144 valence electrons. The Morgan fingerprint density at radius 3 is 2.67 bits per heavy atom. The van der Waals surface area contributed by atoms with Crippen LogP contribution in [0.15, 0.2) is 35.7 Å². The Labute approximate surface area is 164 Å². The number of hydrogen-bond donors (Lipinski definition) is 1. The third-order valence-electron chi connectivity index (χ3n) is 4.56. The molecule has 0 fully saturated rings. The second-order valence-corrected chi connectivity index (χ2v) is 7.28. The van der Waals surface area contributed by atoms with Crippen molar-refractivity contribution in [1.29, 1.82) is 0 Å². The molecular formula is C21H24ClNO4. The molecule has 0 amide bonds. The van der Waals surface area contributed by atoms with Gasteiger partial charge in [-0.05, 0) is 31.9 Å². The van der Waals surface area contributed by atoms with E-state index < -0.39 is 23.1 Å². The van der Waals surface area contributed by atoms with Crippen molar-refractivity contribution < 1.29 is 19.4 Å². The van der Waals surface area contributed by atoms with Gasteiger partial charge in [-0.2, -0.15) is 0 Å². The van der Waals surface area contributed by atoms with Gasteiger partial charge >= 0.3 is 5.97 Å². The number of rotatable bonds is 5. The second-order valence-electron chi connectivity index (χ2n) is 6.90. The molecule has 0 saturated heterocycles. The molecule has 0 bridgehead atoms. The van der Waals surface area contributed by atoms with E-state index in [1.54, 1.807) is 6.07 Å². The van der Waals surface area contributed by atoms with Crippen molar-refractivity contribution >= 4 is 34.5 Å². The standard InChI is InChI=1S/C21H24ClNO4/c1-6-12(2)9-13(3)7-8-15-10-16-17(11-23-15)19(25)21(5,27-14(4)24)20(26)18(16)22/h7-12,26H,6H2,1-5H3/t12-,21+/m0/s1. The number of carbonyl (C=O) groups excluding carboxylic acids is 2. The first-order valence-electron chi connectivity index (χ1n) is 8.80. The highest BCUT2D eigenvalue weighted by molar-refractivity contribution is 6.51. The number of fused-ring (bicyclic) bond motifs is 1. The van der Waals surface area contributed by atoms with Crippen molar-refractivity contribution in [3.05, 3.63) is 52.6 Å². The average Bonchev–Trinajstić information content (AvgIpc) is 2.62. The fraction of sp³-hybridized carbons (Fsp3) is 0.381. The molecule has 1 aromatic heterocycles. The van der Waals surface area contributed by atoms with E-state index in [-0.39, 0.29) is 10.6 Å². The molecule has 2 rings (SSSR count). The number of Topliss-reactive ketones (excluding diaryl/α,β-unsaturated/α-hetero) is 1. The minimum Gasteiger partial charge on any atom is -0.506 e. The molecule has 1 aromatic rings. The van der Waals surface area contributed by atoms with Gasteiger partial charge < -0.3 is 9.84 Å². The van der Waals surface area contributed by atoms with Crippen LogP contribution >= 0.6 is 11.6 Å². The Morgan fingerprint density at radius 1 is 1.41 bits per heavy atom. The zero-order chi connectivity index (χ0) is 20.4. The molecule has 1 aliphatic rings. The number of carbonyl (C=O) groups is 2. The number of hydrogen-bond acceptors (Lipinski definition) is 5. The molecule has 5 nitrogen and oxygen atoms in total. The first-order valence-corrected chi connectivity index (χ1v) is 9.18. The number of aromatic nitrogens is 1. The summed E-state index contributed by atoms with van der Waals surface area (Å²) in [5, 5.41) is 10.4. The summed E-state index contributed by atoms with van der Waals surface area (Å²) < 4.78 is 5.06. The SMILES string of the molecule is CC[C@H](C)C=C(C)C=Cc1cc2c(cn1)C(=O)[C@@](C)(OC(C)=O)C(O)=C2Cl. The zero-order valence-electron chi connectivity index (χ0n) is 16.2. The summed E-state index contributed by atoms with van der Waals surface area (Å²) in [7, 11) is 0. The topological polar surface area (TPSA) is 76.5 Å². The molecule has 0 radical (unpaired) electrons. The molecule has 6 heteroatoms. The van der Waals surface area contributed by atoms with Crippen LogP contribution in [0.4, 0.5) is 0 Å². The first kappa shape index (κ1) is 20.9.